The normalized spacial score (nSPS) is 22.5. The van der Waals surface area contributed by atoms with Gasteiger partial charge in [-0.25, -0.2) is 4.98 Å². The van der Waals surface area contributed by atoms with E-state index in [1.807, 2.05) is 18.3 Å². The van der Waals surface area contributed by atoms with Crippen LogP contribution in [0.25, 0.3) is 11.4 Å². The van der Waals surface area contributed by atoms with Gasteiger partial charge in [0.2, 0.25) is 6.79 Å². The van der Waals surface area contributed by atoms with Crippen molar-refractivity contribution in [2.24, 2.45) is 0 Å². The molecular weight excluding hydrogens is 298 g/mol. The number of benzene rings is 1. The highest BCUT2D eigenvalue weighted by Gasteiger charge is 2.28. The molecule has 7 nitrogen and oxygen atoms in total. The Morgan fingerprint density at radius 1 is 1.39 bits per heavy atom. The number of rotatable bonds is 4. The first-order valence-electron chi connectivity index (χ1n) is 7.65. The van der Waals surface area contributed by atoms with E-state index in [2.05, 4.69) is 14.9 Å². The minimum atomic E-state index is 0.133. The van der Waals surface area contributed by atoms with Gasteiger partial charge < -0.3 is 29.2 Å². The van der Waals surface area contributed by atoms with E-state index < -0.39 is 0 Å². The summed E-state index contributed by atoms with van der Waals surface area (Å²) in [5, 5.41) is 12.6. The van der Waals surface area contributed by atoms with Crippen molar-refractivity contribution in [2.45, 2.75) is 18.5 Å². The van der Waals surface area contributed by atoms with Crippen molar-refractivity contribution in [1.29, 1.82) is 0 Å². The molecule has 2 aliphatic rings. The van der Waals surface area contributed by atoms with Crippen LogP contribution < -0.4 is 19.5 Å². The smallest absolute Gasteiger partial charge is 0.231 e. The average Bonchev–Trinajstić information content (AvgIpc) is 3.31. The molecule has 0 amide bonds. The van der Waals surface area contributed by atoms with Crippen LogP contribution in [0.3, 0.4) is 0 Å². The zero-order valence-corrected chi connectivity index (χ0v) is 12.9. The van der Waals surface area contributed by atoms with Crippen molar-refractivity contribution in [2.75, 3.05) is 27.1 Å². The van der Waals surface area contributed by atoms with E-state index in [-0.39, 0.29) is 25.5 Å². The van der Waals surface area contributed by atoms with E-state index in [0.29, 0.717) is 17.2 Å². The Hall–Kier alpha value is -2.25. The van der Waals surface area contributed by atoms with Crippen molar-refractivity contribution in [3.05, 3.63) is 24.5 Å². The number of aromatic nitrogens is 2. The lowest BCUT2D eigenvalue weighted by atomic mass is 10.1. The SMILES string of the molecule is COc1cc2c(cc1-c1nccn1[C@@H]1CN[C@H](CO)C1)OCO2. The summed E-state index contributed by atoms with van der Waals surface area (Å²) in [4.78, 5) is 4.51. The Bertz CT molecular complexity index is 715. The number of aliphatic hydroxyl groups is 1. The van der Waals surface area contributed by atoms with E-state index in [1.54, 1.807) is 13.3 Å². The molecular formula is C16H19N3O4. The highest BCUT2D eigenvalue weighted by Crippen LogP contribution is 2.42. The van der Waals surface area contributed by atoms with Gasteiger partial charge in [0.15, 0.2) is 11.5 Å². The maximum Gasteiger partial charge on any atom is 0.231 e. The van der Waals surface area contributed by atoms with Crippen LogP contribution in [0.2, 0.25) is 0 Å². The zero-order chi connectivity index (χ0) is 15.8. The number of nitrogens with one attached hydrogen (secondary N) is 1. The topological polar surface area (TPSA) is 77.8 Å². The molecule has 0 unspecified atom stereocenters. The minimum absolute atomic E-state index is 0.133. The minimum Gasteiger partial charge on any atom is -0.496 e. The maximum atomic E-state index is 9.32. The van der Waals surface area contributed by atoms with Gasteiger partial charge in [0, 0.05) is 37.1 Å². The van der Waals surface area contributed by atoms with Crippen LogP contribution >= 0.6 is 0 Å². The molecule has 1 fully saturated rings. The molecule has 3 heterocycles. The third-order valence-corrected chi connectivity index (χ3v) is 4.42. The van der Waals surface area contributed by atoms with E-state index >= 15 is 0 Å². The predicted octanol–water partition coefficient (Wildman–Crippen LogP) is 1.18. The van der Waals surface area contributed by atoms with Crippen molar-refractivity contribution in [3.8, 4) is 28.6 Å². The quantitative estimate of drug-likeness (QED) is 0.882. The Kier molecular flexibility index (Phi) is 3.59. The predicted molar refractivity (Wildman–Crippen MR) is 82.9 cm³/mol. The summed E-state index contributed by atoms with van der Waals surface area (Å²) in [5.41, 5.74) is 0.870. The third kappa shape index (κ3) is 2.42. The first-order valence-corrected chi connectivity index (χ1v) is 7.65. The molecule has 2 N–H and O–H groups in total. The number of hydrogen-bond acceptors (Lipinski definition) is 6. The number of ether oxygens (including phenoxy) is 3. The fourth-order valence-corrected chi connectivity index (χ4v) is 3.23. The lowest BCUT2D eigenvalue weighted by Gasteiger charge is -2.16. The van der Waals surface area contributed by atoms with Gasteiger partial charge in [0.1, 0.15) is 11.6 Å². The van der Waals surface area contributed by atoms with Crippen LogP contribution in [0.5, 0.6) is 17.2 Å². The van der Waals surface area contributed by atoms with E-state index in [9.17, 15) is 5.11 Å². The van der Waals surface area contributed by atoms with Crippen LogP contribution in [0, 0.1) is 0 Å². The Balaban J connectivity index is 1.73. The van der Waals surface area contributed by atoms with Crippen molar-refractivity contribution >= 4 is 0 Å². The molecule has 2 aliphatic heterocycles. The molecule has 4 rings (SSSR count). The first kappa shape index (κ1) is 14.3. The third-order valence-electron chi connectivity index (χ3n) is 4.42. The number of aliphatic hydroxyl groups excluding tert-OH is 1. The molecule has 0 bridgehead atoms. The molecule has 23 heavy (non-hydrogen) atoms. The molecule has 1 aromatic heterocycles. The summed E-state index contributed by atoms with van der Waals surface area (Å²) in [6.07, 6.45) is 4.61. The van der Waals surface area contributed by atoms with Gasteiger partial charge in [-0.05, 0) is 12.5 Å². The zero-order valence-electron chi connectivity index (χ0n) is 12.9. The van der Waals surface area contributed by atoms with Crippen molar-refractivity contribution in [1.82, 2.24) is 14.9 Å². The number of imidazole rings is 1. The highest BCUT2D eigenvalue weighted by atomic mass is 16.7. The Morgan fingerprint density at radius 2 is 2.22 bits per heavy atom. The second-order valence-electron chi connectivity index (χ2n) is 5.74. The molecule has 122 valence electrons. The van der Waals surface area contributed by atoms with E-state index in [0.717, 1.165) is 24.4 Å². The Morgan fingerprint density at radius 3 is 2.96 bits per heavy atom. The highest BCUT2D eigenvalue weighted by molar-refractivity contribution is 5.70. The van der Waals surface area contributed by atoms with E-state index in [1.165, 1.54) is 0 Å². The van der Waals surface area contributed by atoms with Gasteiger partial charge in [-0.2, -0.15) is 0 Å². The van der Waals surface area contributed by atoms with Gasteiger partial charge in [-0.3, -0.25) is 0 Å². The van der Waals surface area contributed by atoms with Crippen LogP contribution in [0.1, 0.15) is 12.5 Å². The van der Waals surface area contributed by atoms with Crippen molar-refractivity contribution < 1.29 is 19.3 Å². The molecule has 0 aliphatic carbocycles. The summed E-state index contributed by atoms with van der Waals surface area (Å²) in [7, 11) is 1.63. The van der Waals surface area contributed by atoms with Gasteiger partial charge >= 0.3 is 0 Å². The van der Waals surface area contributed by atoms with Crippen LogP contribution in [-0.4, -0.2) is 47.8 Å². The molecule has 2 aromatic rings. The summed E-state index contributed by atoms with van der Waals surface area (Å²) in [6, 6.07) is 4.13. The number of nitrogens with zero attached hydrogens (tertiary/aromatic N) is 2. The summed E-state index contributed by atoms with van der Waals surface area (Å²) >= 11 is 0. The molecule has 0 radical (unpaired) electrons. The Labute approximate surface area is 133 Å². The largest absolute Gasteiger partial charge is 0.496 e. The van der Waals surface area contributed by atoms with Crippen LogP contribution in [-0.2, 0) is 0 Å². The molecule has 0 spiro atoms. The first-order chi connectivity index (χ1) is 11.3. The molecule has 1 aromatic carbocycles. The number of fused-ring (bicyclic) bond motifs is 1. The number of hydrogen-bond donors (Lipinski definition) is 2. The average molecular weight is 317 g/mol. The standard InChI is InChI=1S/C16H19N3O4/c1-21-13-6-15-14(22-9-23-15)5-12(13)16-17-2-3-19(16)11-4-10(8-20)18-7-11/h2-3,5-6,10-11,18,20H,4,7-9H2,1H3/t10-,11-/m0/s1. The molecule has 2 atom stereocenters. The maximum absolute atomic E-state index is 9.32. The van der Waals surface area contributed by atoms with Gasteiger partial charge in [0.05, 0.1) is 19.3 Å². The van der Waals surface area contributed by atoms with Gasteiger partial charge in [-0.1, -0.05) is 0 Å². The second kappa shape index (κ2) is 5.75. The summed E-state index contributed by atoms with van der Waals surface area (Å²) in [6.45, 7) is 1.18. The number of methoxy groups -OCH3 is 1. The summed E-state index contributed by atoms with van der Waals surface area (Å²) < 4.78 is 18.5. The lowest BCUT2D eigenvalue weighted by molar-refractivity contribution is 0.174. The lowest BCUT2D eigenvalue weighted by Crippen LogP contribution is -2.24. The molecule has 7 heteroatoms. The van der Waals surface area contributed by atoms with Gasteiger partial charge in [-0.15, -0.1) is 0 Å². The van der Waals surface area contributed by atoms with Crippen molar-refractivity contribution in [3.63, 3.8) is 0 Å². The van der Waals surface area contributed by atoms with E-state index in [4.69, 9.17) is 14.2 Å². The van der Waals surface area contributed by atoms with Gasteiger partial charge in [0.25, 0.3) is 0 Å². The monoisotopic (exact) mass is 317 g/mol. The molecule has 1 saturated heterocycles. The molecule has 0 saturated carbocycles. The fraction of sp³-hybridized carbons (Fsp3) is 0.438. The second-order valence-corrected chi connectivity index (χ2v) is 5.74. The van der Waals surface area contributed by atoms with Crippen LogP contribution in [0.15, 0.2) is 24.5 Å². The van der Waals surface area contributed by atoms with Crippen LogP contribution in [0.4, 0.5) is 0 Å². The summed E-state index contributed by atoms with van der Waals surface area (Å²) in [5.74, 6) is 2.91. The fourth-order valence-electron chi connectivity index (χ4n) is 3.23.